The fourth-order valence-electron chi connectivity index (χ4n) is 1.45. The summed E-state index contributed by atoms with van der Waals surface area (Å²) in [5.74, 6) is 0. The second-order valence-electron chi connectivity index (χ2n) is 3.32. The normalized spacial score (nSPS) is 12.1. The molecule has 0 fully saturated rings. The van der Waals surface area contributed by atoms with Gasteiger partial charge in [0, 0.05) is 14.9 Å². The highest BCUT2D eigenvalue weighted by molar-refractivity contribution is 9.10. The Morgan fingerprint density at radius 2 is 1.75 bits per heavy atom. The lowest BCUT2D eigenvalue weighted by molar-refractivity contribution is -0.137. The topological polar surface area (TPSA) is 0 Å². The van der Waals surface area contributed by atoms with Gasteiger partial charge in [0.2, 0.25) is 0 Å². The van der Waals surface area contributed by atoms with Gasteiger partial charge in [0.05, 0.1) is 5.56 Å². The van der Waals surface area contributed by atoms with Gasteiger partial charge in [0.15, 0.2) is 0 Å². The zero-order chi connectivity index (χ0) is 11.9. The van der Waals surface area contributed by atoms with Crippen LogP contribution in [0.4, 0.5) is 13.2 Å². The van der Waals surface area contributed by atoms with Gasteiger partial charge in [-0.3, -0.25) is 0 Å². The number of benzene rings is 2. The molecule has 5 heteroatoms. The van der Waals surface area contributed by atoms with Crippen molar-refractivity contribution < 1.29 is 13.2 Å². The molecular weight excluding hydrogens is 304 g/mol. The number of alkyl halides is 3. The molecule has 0 spiro atoms. The monoisotopic (exact) mass is 308 g/mol. The molecule has 2 rings (SSSR count). The number of hydrogen-bond acceptors (Lipinski definition) is 0. The van der Waals surface area contributed by atoms with Gasteiger partial charge in [-0.15, -0.1) is 0 Å². The Hall–Kier alpha value is -0.740. The Bertz CT molecular complexity index is 549. The Balaban J connectivity index is 2.74. The van der Waals surface area contributed by atoms with E-state index in [0.29, 0.717) is 10.8 Å². The molecule has 84 valence electrons. The summed E-state index contributed by atoms with van der Waals surface area (Å²) in [6.07, 6.45) is -4.37. The SMILES string of the molecule is FC(F)(F)c1cc(Cl)c2cc(Br)ccc2c1. The van der Waals surface area contributed by atoms with E-state index in [2.05, 4.69) is 15.9 Å². The van der Waals surface area contributed by atoms with Crippen LogP contribution < -0.4 is 0 Å². The maximum absolute atomic E-state index is 12.5. The summed E-state index contributed by atoms with van der Waals surface area (Å²) in [5.41, 5.74) is -0.729. The maximum atomic E-state index is 12.5. The third-order valence-corrected chi connectivity index (χ3v) is 3.00. The van der Waals surface area contributed by atoms with E-state index in [1.54, 1.807) is 18.2 Å². The van der Waals surface area contributed by atoms with Crippen molar-refractivity contribution >= 4 is 38.3 Å². The van der Waals surface area contributed by atoms with Crippen LogP contribution in [0.15, 0.2) is 34.8 Å². The molecule has 2 aromatic carbocycles. The van der Waals surface area contributed by atoms with E-state index in [4.69, 9.17) is 11.6 Å². The minimum Gasteiger partial charge on any atom is -0.166 e. The Morgan fingerprint density at radius 1 is 1.06 bits per heavy atom. The van der Waals surface area contributed by atoms with Gasteiger partial charge in [-0.2, -0.15) is 13.2 Å². The van der Waals surface area contributed by atoms with Crippen LogP contribution in [-0.2, 0) is 6.18 Å². The predicted octanol–water partition coefficient (Wildman–Crippen LogP) is 5.27. The highest BCUT2D eigenvalue weighted by Crippen LogP contribution is 2.35. The molecule has 0 nitrogen and oxygen atoms in total. The van der Waals surface area contributed by atoms with Crippen LogP contribution in [0.1, 0.15) is 5.56 Å². The lowest BCUT2D eigenvalue weighted by Gasteiger charge is -2.09. The van der Waals surface area contributed by atoms with Gasteiger partial charge >= 0.3 is 6.18 Å². The molecule has 0 heterocycles. The minimum absolute atomic E-state index is 0.103. The molecule has 0 aliphatic rings. The zero-order valence-corrected chi connectivity index (χ0v) is 10.1. The van der Waals surface area contributed by atoms with Crippen molar-refractivity contribution in [2.45, 2.75) is 6.18 Å². The molecule has 2 aromatic rings. The summed E-state index contributed by atoms with van der Waals surface area (Å²) in [4.78, 5) is 0. The molecular formula is C11H5BrClF3. The van der Waals surface area contributed by atoms with Crippen LogP contribution in [-0.4, -0.2) is 0 Å². The van der Waals surface area contributed by atoms with Crippen molar-refractivity contribution in [2.24, 2.45) is 0 Å². The Kier molecular flexibility index (Phi) is 2.88. The van der Waals surface area contributed by atoms with Crippen molar-refractivity contribution in [1.82, 2.24) is 0 Å². The summed E-state index contributed by atoms with van der Waals surface area (Å²) < 4.78 is 38.3. The molecule has 0 saturated carbocycles. The van der Waals surface area contributed by atoms with Gasteiger partial charge in [-0.05, 0) is 29.7 Å². The summed E-state index contributed by atoms with van der Waals surface area (Å²) >= 11 is 9.06. The van der Waals surface area contributed by atoms with Crippen molar-refractivity contribution in [3.05, 3.63) is 45.4 Å². The van der Waals surface area contributed by atoms with E-state index in [-0.39, 0.29) is 5.02 Å². The van der Waals surface area contributed by atoms with Crippen LogP contribution >= 0.6 is 27.5 Å². The van der Waals surface area contributed by atoms with Gasteiger partial charge < -0.3 is 0 Å². The first-order chi connectivity index (χ1) is 7.38. The molecule has 0 unspecified atom stereocenters. The van der Waals surface area contributed by atoms with E-state index < -0.39 is 11.7 Å². The van der Waals surface area contributed by atoms with Crippen LogP contribution in [0.2, 0.25) is 5.02 Å². The molecule has 0 atom stereocenters. The first-order valence-electron chi connectivity index (χ1n) is 4.34. The van der Waals surface area contributed by atoms with Crippen LogP contribution in [0, 0.1) is 0 Å². The summed E-state index contributed by atoms with van der Waals surface area (Å²) in [6.45, 7) is 0. The van der Waals surface area contributed by atoms with Gasteiger partial charge in [-0.1, -0.05) is 33.6 Å². The van der Waals surface area contributed by atoms with Crippen molar-refractivity contribution in [3.8, 4) is 0 Å². The molecule has 0 N–H and O–H groups in total. The number of rotatable bonds is 0. The fourth-order valence-corrected chi connectivity index (χ4v) is 2.09. The average Bonchev–Trinajstić information content (AvgIpc) is 2.17. The second-order valence-corrected chi connectivity index (χ2v) is 4.64. The van der Waals surface area contributed by atoms with E-state index in [1.807, 2.05) is 0 Å². The molecule has 0 amide bonds. The quantitative estimate of drug-likeness (QED) is 0.621. The molecule has 0 aliphatic carbocycles. The van der Waals surface area contributed by atoms with Crippen LogP contribution in [0.5, 0.6) is 0 Å². The van der Waals surface area contributed by atoms with E-state index in [0.717, 1.165) is 16.6 Å². The van der Waals surface area contributed by atoms with E-state index in [1.165, 1.54) is 0 Å². The molecule has 0 aromatic heterocycles. The predicted molar refractivity (Wildman–Crippen MR) is 61.7 cm³/mol. The molecule has 0 bridgehead atoms. The minimum atomic E-state index is -4.37. The smallest absolute Gasteiger partial charge is 0.166 e. The van der Waals surface area contributed by atoms with Crippen molar-refractivity contribution in [1.29, 1.82) is 0 Å². The standard InChI is InChI=1S/C11H5BrClF3/c12-8-2-1-6-3-7(11(14,15)16)4-10(13)9(6)5-8/h1-5H. The largest absolute Gasteiger partial charge is 0.416 e. The Labute approximate surface area is 103 Å². The molecule has 0 saturated heterocycles. The summed E-state index contributed by atoms with van der Waals surface area (Å²) in [7, 11) is 0. The van der Waals surface area contributed by atoms with Gasteiger partial charge in [-0.25, -0.2) is 0 Å². The highest BCUT2D eigenvalue weighted by Gasteiger charge is 2.31. The van der Waals surface area contributed by atoms with E-state index in [9.17, 15) is 13.2 Å². The van der Waals surface area contributed by atoms with Crippen LogP contribution in [0.25, 0.3) is 10.8 Å². The lowest BCUT2D eigenvalue weighted by atomic mass is 10.1. The number of hydrogen-bond donors (Lipinski definition) is 0. The maximum Gasteiger partial charge on any atom is 0.416 e. The third kappa shape index (κ3) is 2.18. The van der Waals surface area contributed by atoms with E-state index >= 15 is 0 Å². The fraction of sp³-hybridized carbons (Fsp3) is 0.0909. The molecule has 0 aliphatic heterocycles. The first-order valence-corrected chi connectivity index (χ1v) is 5.51. The van der Waals surface area contributed by atoms with Gasteiger partial charge in [0.1, 0.15) is 0 Å². The average molecular weight is 310 g/mol. The summed E-state index contributed by atoms with van der Waals surface area (Å²) in [5, 5.41) is 1.18. The third-order valence-electron chi connectivity index (χ3n) is 2.19. The Morgan fingerprint density at radius 3 is 2.38 bits per heavy atom. The zero-order valence-electron chi connectivity index (χ0n) is 7.78. The first kappa shape index (κ1) is 11.7. The summed E-state index contributed by atoms with van der Waals surface area (Å²) in [6, 6.07) is 7.00. The van der Waals surface area contributed by atoms with Crippen molar-refractivity contribution in [2.75, 3.05) is 0 Å². The highest BCUT2D eigenvalue weighted by atomic mass is 79.9. The molecule has 16 heavy (non-hydrogen) atoms. The van der Waals surface area contributed by atoms with Gasteiger partial charge in [0.25, 0.3) is 0 Å². The van der Waals surface area contributed by atoms with Crippen molar-refractivity contribution in [3.63, 3.8) is 0 Å². The van der Waals surface area contributed by atoms with Crippen LogP contribution in [0.3, 0.4) is 0 Å². The number of halogens is 5. The molecule has 0 radical (unpaired) electrons. The lowest BCUT2D eigenvalue weighted by Crippen LogP contribution is -2.04. The second kappa shape index (κ2) is 3.93. The number of fused-ring (bicyclic) bond motifs is 1.